The Bertz CT molecular complexity index is 1420. The summed E-state index contributed by atoms with van der Waals surface area (Å²) in [6, 6.07) is 8.32. The van der Waals surface area contributed by atoms with Crippen molar-refractivity contribution in [1.29, 1.82) is 5.26 Å². The smallest absolute Gasteiger partial charge is 0.305 e. The van der Waals surface area contributed by atoms with Crippen LogP contribution in [0.15, 0.2) is 34.0 Å². The number of carbonyl (C=O) groups is 2. The number of aromatic nitrogens is 1. The number of carboxylic acid groups (broad SMARTS) is 1. The lowest BCUT2D eigenvalue weighted by Gasteiger charge is -2.39. The zero-order valence-corrected chi connectivity index (χ0v) is 22.6. The summed E-state index contributed by atoms with van der Waals surface area (Å²) < 4.78 is 15.2. The van der Waals surface area contributed by atoms with Crippen LogP contribution in [0.1, 0.15) is 30.0 Å². The summed E-state index contributed by atoms with van der Waals surface area (Å²) in [4.78, 5) is 43.1. The van der Waals surface area contributed by atoms with E-state index in [-0.39, 0.29) is 28.7 Å². The Morgan fingerprint density at radius 2 is 1.82 bits per heavy atom. The van der Waals surface area contributed by atoms with E-state index < -0.39 is 17.4 Å². The molecule has 198 valence electrons. The highest BCUT2D eigenvalue weighted by atomic mass is 32.2. The second-order valence-corrected chi connectivity index (χ2v) is 10.5. The number of hydrogen-bond donors (Lipinski definition) is 1. The molecule has 2 saturated heterocycles. The van der Waals surface area contributed by atoms with E-state index >= 15 is 0 Å². The van der Waals surface area contributed by atoms with Gasteiger partial charge in [0.15, 0.2) is 0 Å². The minimum atomic E-state index is -1.03. The molecule has 2 aliphatic rings. The lowest BCUT2D eigenvalue weighted by atomic mass is 10.0. The average Bonchev–Trinajstić information content (AvgIpc) is 3.16. The largest absolute Gasteiger partial charge is 0.481 e. The van der Waals surface area contributed by atoms with Crippen molar-refractivity contribution >= 4 is 57.8 Å². The summed E-state index contributed by atoms with van der Waals surface area (Å²) in [6.07, 6.45) is 1.42. The predicted octanol–water partition coefficient (Wildman–Crippen LogP) is 3.19. The molecule has 0 atom stereocenters. The summed E-state index contributed by atoms with van der Waals surface area (Å²) in [7, 11) is 0. The maximum absolute atomic E-state index is 13.4. The molecule has 0 radical (unpaired) electrons. The molecule has 1 N–H and O–H groups in total. The molecule has 0 spiro atoms. The number of rotatable bonds is 7. The summed E-state index contributed by atoms with van der Waals surface area (Å²) in [5.41, 5.74) is 1.56. The monoisotopic (exact) mass is 555 g/mol. The number of hydrogen-bond acceptors (Lipinski definition) is 8. The second-order valence-electron chi connectivity index (χ2n) is 8.83. The van der Waals surface area contributed by atoms with Gasteiger partial charge in [-0.1, -0.05) is 24.0 Å². The minimum absolute atomic E-state index is 0.00755. The van der Waals surface area contributed by atoms with Gasteiger partial charge in [0.2, 0.25) is 0 Å². The first kappa shape index (κ1) is 27.3. The number of amides is 1. The third kappa shape index (κ3) is 5.30. The van der Waals surface area contributed by atoms with Crippen molar-refractivity contribution in [1.82, 2.24) is 9.47 Å². The van der Waals surface area contributed by atoms with Crippen molar-refractivity contribution in [2.45, 2.75) is 26.8 Å². The Kier molecular flexibility index (Phi) is 8.18. The van der Waals surface area contributed by atoms with Gasteiger partial charge in [0.05, 0.1) is 11.3 Å². The Labute approximate surface area is 228 Å². The number of halogens is 1. The first-order valence-electron chi connectivity index (χ1n) is 12.1. The van der Waals surface area contributed by atoms with E-state index in [1.807, 2.05) is 13.0 Å². The molecule has 1 aromatic heterocycles. The van der Waals surface area contributed by atoms with E-state index in [0.717, 1.165) is 17.4 Å². The first-order chi connectivity index (χ1) is 18.2. The maximum atomic E-state index is 13.4. The Morgan fingerprint density at radius 1 is 1.18 bits per heavy atom. The van der Waals surface area contributed by atoms with Crippen LogP contribution in [0.3, 0.4) is 0 Å². The van der Waals surface area contributed by atoms with Gasteiger partial charge >= 0.3 is 5.97 Å². The van der Waals surface area contributed by atoms with Crippen LogP contribution in [0.25, 0.3) is 6.08 Å². The molecular formula is C26H26FN5O4S2. The van der Waals surface area contributed by atoms with Crippen LogP contribution in [-0.4, -0.2) is 63.5 Å². The first-order valence-corrected chi connectivity index (χ1v) is 13.3. The average molecular weight is 556 g/mol. The molecule has 3 heterocycles. The van der Waals surface area contributed by atoms with Crippen LogP contribution >= 0.6 is 24.0 Å². The van der Waals surface area contributed by atoms with Gasteiger partial charge < -0.3 is 14.9 Å². The van der Waals surface area contributed by atoms with Gasteiger partial charge in [0.25, 0.3) is 11.5 Å². The van der Waals surface area contributed by atoms with Crippen LogP contribution in [0.4, 0.5) is 15.9 Å². The molecule has 2 aromatic rings. The van der Waals surface area contributed by atoms with Crippen LogP contribution < -0.4 is 15.4 Å². The highest BCUT2D eigenvalue weighted by molar-refractivity contribution is 8.26. The van der Waals surface area contributed by atoms with E-state index in [0.29, 0.717) is 54.6 Å². The maximum Gasteiger partial charge on any atom is 0.305 e. The normalized spacial score (nSPS) is 16.9. The zero-order valence-electron chi connectivity index (χ0n) is 20.9. The van der Waals surface area contributed by atoms with Gasteiger partial charge in [0, 0.05) is 50.5 Å². The Hall–Kier alpha value is -3.69. The zero-order chi connectivity index (χ0) is 27.6. The Morgan fingerprint density at radius 3 is 2.39 bits per heavy atom. The SMILES string of the molecule is CCn1c(N2CCN(c3ccc(F)cc3)CC2)c(/C=C2\SC(=S)N(CCC(=O)O)C2=O)c(C)c(C#N)c1=O. The van der Waals surface area contributed by atoms with Crippen molar-refractivity contribution in [3.8, 4) is 6.07 Å². The third-order valence-corrected chi connectivity index (χ3v) is 8.01. The molecule has 0 aliphatic carbocycles. The van der Waals surface area contributed by atoms with Gasteiger partial charge in [-0.05, 0) is 49.8 Å². The van der Waals surface area contributed by atoms with Gasteiger partial charge in [-0.2, -0.15) is 5.26 Å². The van der Waals surface area contributed by atoms with Gasteiger partial charge in [-0.3, -0.25) is 23.9 Å². The molecule has 1 amide bonds. The van der Waals surface area contributed by atoms with E-state index in [4.69, 9.17) is 17.3 Å². The number of thiocarbonyl (C=S) groups is 1. The standard InChI is InChI=1S/C26H26FN5O4S2/c1-3-31-23(30-12-10-29(11-13-30)18-6-4-17(27)5-7-18)19(16(2)20(15-28)24(31)35)14-21-25(36)32(26(37)38-21)9-8-22(33)34/h4-7,14H,3,8-13H2,1-2H3,(H,33,34)/b21-14-. The number of nitrogens with zero attached hydrogens (tertiary/aromatic N) is 5. The number of piperazine rings is 1. The van der Waals surface area contributed by atoms with Crippen molar-refractivity contribution in [2.24, 2.45) is 0 Å². The fourth-order valence-corrected chi connectivity index (χ4v) is 5.93. The van der Waals surface area contributed by atoms with Gasteiger partial charge in [-0.15, -0.1) is 0 Å². The molecule has 0 bridgehead atoms. The van der Waals surface area contributed by atoms with Crippen LogP contribution in [0, 0.1) is 24.1 Å². The minimum Gasteiger partial charge on any atom is -0.481 e. The molecule has 0 unspecified atom stereocenters. The highest BCUT2D eigenvalue weighted by Gasteiger charge is 2.33. The number of pyridine rings is 1. The van der Waals surface area contributed by atoms with E-state index in [1.54, 1.807) is 29.7 Å². The molecule has 1 aromatic carbocycles. The Balaban J connectivity index is 1.73. The molecule has 0 saturated carbocycles. The van der Waals surface area contributed by atoms with Crippen molar-refractivity contribution in [3.63, 3.8) is 0 Å². The number of benzene rings is 1. The van der Waals surface area contributed by atoms with Crippen LogP contribution in [-0.2, 0) is 16.1 Å². The second kappa shape index (κ2) is 11.4. The van der Waals surface area contributed by atoms with Gasteiger partial charge in [-0.25, -0.2) is 4.39 Å². The fourth-order valence-electron chi connectivity index (χ4n) is 4.64. The summed E-state index contributed by atoms with van der Waals surface area (Å²) in [6.45, 7) is 6.17. The number of anilines is 2. The predicted molar refractivity (Wildman–Crippen MR) is 149 cm³/mol. The molecule has 2 fully saturated rings. The van der Waals surface area contributed by atoms with E-state index in [2.05, 4.69) is 9.80 Å². The number of thioether (sulfide) groups is 1. The van der Waals surface area contributed by atoms with Crippen LogP contribution in [0.2, 0.25) is 0 Å². The molecule has 4 rings (SSSR count). The lowest BCUT2D eigenvalue weighted by Crippen LogP contribution is -2.48. The van der Waals surface area contributed by atoms with Gasteiger partial charge in [0.1, 0.15) is 27.6 Å². The topological polar surface area (TPSA) is 110 Å². The molecule has 38 heavy (non-hydrogen) atoms. The number of carboxylic acids is 1. The summed E-state index contributed by atoms with van der Waals surface area (Å²) in [5.74, 6) is -1.12. The number of nitriles is 1. The van der Waals surface area contributed by atoms with E-state index in [9.17, 15) is 24.0 Å². The van der Waals surface area contributed by atoms with Crippen molar-refractivity contribution in [2.75, 3.05) is 42.5 Å². The van der Waals surface area contributed by atoms with Crippen LogP contribution in [0.5, 0.6) is 0 Å². The molecule has 12 heteroatoms. The molecule has 9 nitrogen and oxygen atoms in total. The van der Waals surface area contributed by atoms with Crippen molar-refractivity contribution < 1.29 is 19.1 Å². The lowest BCUT2D eigenvalue weighted by molar-refractivity contribution is -0.137. The molecule has 2 aliphatic heterocycles. The number of aliphatic carboxylic acids is 1. The fraction of sp³-hybridized carbons (Fsp3) is 0.346. The number of carbonyl (C=O) groups excluding carboxylic acids is 1. The summed E-state index contributed by atoms with van der Waals surface area (Å²) in [5, 5.41) is 18.8. The third-order valence-electron chi connectivity index (χ3n) is 6.63. The van der Waals surface area contributed by atoms with Crippen molar-refractivity contribution in [3.05, 3.63) is 62.0 Å². The van der Waals surface area contributed by atoms with E-state index in [1.165, 1.54) is 17.0 Å². The quantitative estimate of drug-likeness (QED) is 0.407. The molecular weight excluding hydrogens is 529 g/mol. The summed E-state index contributed by atoms with van der Waals surface area (Å²) >= 11 is 6.40. The highest BCUT2D eigenvalue weighted by Crippen LogP contribution is 2.36.